The first-order valence-corrected chi connectivity index (χ1v) is 5.42. The largest absolute Gasteiger partial charge is 0.497 e. The van der Waals surface area contributed by atoms with E-state index in [9.17, 15) is 9.18 Å². The molecular weight excluding hydrogens is 233 g/mol. The molecule has 92 valence electrons. The molecule has 1 aromatic carbocycles. The van der Waals surface area contributed by atoms with Crippen molar-refractivity contribution in [1.82, 2.24) is 4.98 Å². The zero-order chi connectivity index (χ0) is 13.1. The Morgan fingerprint density at radius 3 is 2.67 bits per heavy atom. The summed E-state index contributed by atoms with van der Waals surface area (Å²) in [6.07, 6.45) is 1.53. The molecule has 0 atom stereocenters. The highest BCUT2D eigenvalue weighted by Gasteiger charge is 2.15. The van der Waals surface area contributed by atoms with Crippen LogP contribution in [0.1, 0.15) is 21.6 Å². The summed E-state index contributed by atoms with van der Waals surface area (Å²) in [6, 6.07) is 7.54. The van der Waals surface area contributed by atoms with Crippen LogP contribution in [-0.4, -0.2) is 17.9 Å². The topological polar surface area (TPSA) is 39.2 Å². The van der Waals surface area contributed by atoms with Gasteiger partial charge in [-0.25, -0.2) is 4.39 Å². The van der Waals surface area contributed by atoms with E-state index in [1.54, 1.807) is 18.2 Å². The highest BCUT2D eigenvalue weighted by molar-refractivity contribution is 6.08. The fourth-order valence-corrected chi connectivity index (χ4v) is 1.61. The first-order valence-electron chi connectivity index (χ1n) is 5.42. The van der Waals surface area contributed by atoms with Gasteiger partial charge < -0.3 is 4.74 Å². The summed E-state index contributed by atoms with van der Waals surface area (Å²) in [7, 11) is 1.44. The third kappa shape index (κ3) is 2.37. The number of hydrogen-bond acceptors (Lipinski definition) is 3. The normalized spacial score (nSPS) is 10.2. The van der Waals surface area contributed by atoms with Crippen molar-refractivity contribution >= 4 is 5.78 Å². The number of nitrogens with zero attached hydrogens (tertiary/aromatic N) is 1. The molecule has 0 aliphatic rings. The van der Waals surface area contributed by atoms with E-state index in [0.29, 0.717) is 5.75 Å². The lowest BCUT2D eigenvalue weighted by atomic mass is 10.1. The quantitative estimate of drug-likeness (QED) is 0.780. The van der Waals surface area contributed by atoms with Gasteiger partial charge in [-0.1, -0.05) is 0 Å². The molecular formula is C14H12FNO2. The maximum absolute atomic E-state index is 13.7. The molecule has 4 heteroatoms. The number of halogens is 1. The van der Waals surface area contributed by atoms with Gasteiger partial charge in [0.1, 0.15) is 17.3 Å². The second-order valence-corrected chi connectivity index (χ2v) is 3.89. The van der Waals surface area contributed by atoms with Crippen LogP contribution < -0.4 is 4.74 Å². The Balaban J connectivity index is 2.40. The predicted molar refractivity (Wildman–Crippen MR) is 65.4 cm³/mol. The van der Waals surface area contributed by atoms with Crippen molar-refractivity contribution in [3.63, 3.8) is 0 Å². The predicted octanol–water partition coefficient (Wildman–Crippen LogP) is 2.77. The van der Waals surface area contributed by atoms with Crippen molar-refractivity contribution in [2.24, 2.45) is 0 Å². The van der Waals surface area contributed by atoms with Gasteiger partial charge in [0.2, 0.25) is 5.78 Å². The fourth-order valence-electron chi connectivity index (χ4n) is 1.61. The molecule has 0 amide bonds. The number of benzene rings is 1. The number of ketones is 1. The number of rotatable bonds is 3. The zero-order valence-electron chi connectivity index (χ0n) is 10.1. The number of hydrogen-bond donors (Lipinski definition) is 0. The molecule has 1 heterocycles. The van der Waals surface area contributed by atoms with Crippen LogP contribution in [0.15, 0.2) is 36.5 Å². The number of carbonyl (C=O) groups excluding carboxylic acids is 1. The van der Waals surface area contributed by atoms with E-state index in [1.165, 1.54) is 25.4 Å². The van der Waals surface area contributed by atoms with Gasteiger partial charge in [0.15, 0.2) is 0 Å². The van der Waals surface area contributed by atoms with Crippen LogP contribution in [0.3, 0.4) is 0 Å². The van der Waals surface area contributed by atoms with Crippen LogP contribution in [0.4, 0.5) is 4.39 Å². The maximum atomic E-state index is 13.7. The van der Waals surface area contributed by atoms with Gasteiger partial charge >= 0.3 is 0 Å². The van der Waals surface area contributed by atoms with Crippen LogP contribution in [0.5, 0.6) is 5.75 Å². The molecule has 0 fully saturated rings. The van der Waals surface area contributed by atoms with Crippen LogP contribution in [-0.2, 0) is 0 Å². The molecule has 2 rings (SSSR count). The van der Waals surface area contributed by atoms with E-state index in [2.05, 4.69) is 4.98 Å². The summed E-state index contributed by atoms with van der Waals surface area (Å²) >= 11 is 0. The molecule has 0 unspecified atom stereocenters. The molecule has 2 aromatic rings. The van der Waals surface area contributed by atoms with E-state index >= 15 is 0 Å². The molecule has 3 nitrogen and oxygen atoms in total. The lowest BCUT2D eigenvalue weighted by Crippen LogP contribution is -2.06. The zero-order valence-corrected chi connectivity index (χ0v) is 10.1. The number of aromatic nitrogens is 1. The molecule has 18 heavy (non-hydrogen) atoms. The molecule has 0 saturated heterocycles. The van der Waals surface area contributed by atoms with Gasteiger partial charge in [-0.3, -0.25) is 9.78 Å². The summed E-state index contributed by atoms with van der Waals surface area (Å²) in [5, 5.41) is 0. The minimum atomic E-state index is -0.609. The first kappa shape index (κ1) is 12.2. The average molecular weight is 245 g/mol. The van der Waals surface area contributed by atoms with Gasteiger partial charge in [0, 0.05) is 12.3 Å². The van der Waals surface area contributed by atoms with E-state index in [4.69, 9.17) is 4.74 Å². The van der Waals surface area contributed by atoms with E-state index < -0.39 is 11.6 Å². The minimum absolute atomic E-state index is 0.00565. The number of pyridine rings is 1. The second-order valence-electron chi connectivity index (χ2n) is 3.89. The highest BCUT2D eigenvalue weighted by Crippen LogP contribution is 2.18. The molecule has 0 spiro atoms. The standard InChI is InChI=1S/C14H12FNO2/c1-9-5-6-16-13(7-9)14(17)11-4-3-10(18-2)8-12(11)15/h3-8H,1-2H3. The molecule has 0 aliphatic heterocycles. The Hall–Kier alpha value is -2.23. The maximum Gasteiger partial charge on any atom is 0.214 e. The van der Waals surface area contributed by atoms with Crippen molar-refractivity contribution in [3.05, 3.63) is 59.2 Å². The monoisotopic (exact) mass is 245 g/mol. The lowest BCUT2D eigenvalue weighted by Gasteiger charge is -2.05. The smallest absolute Gasteiger partial charge is 0.214 e. The van der Waals surface area contributed by atoms with Crippen molar-refractivity contribution in [1.29, 1.82) is 0 Å². The van der Waals surface area contributed by atoms with Gasteiger partial charge in [-0.05, 0) is 36.8 Å². The molecule has 0 bridgehead atoms. The summed E-state index contributed by atoms with van der Waals surface area (Å²) < 4.78 is 18.6. The van der Waals surface area contributed by atoms with Crippen molar-refractivity contribution < 1.29 is 13.9 Å². The number of methoxy groups -OCH3 is 1. The van der Waals surface area contributed by atoms with Gasteiger partial charge in [0.05, 0.1) is 12.7 Å². The van der Waals surface area contributed by atoms with Gasteiger partial charge in [-0.2, -0.15) is 0 Å². The average Bonchev–Trinajstić information content (AvgIpc) is 2.37. The first-order chi connectivity index (χ1) is 8.61. The summed E-state index contributed by atoms with van der Waals surface area (Å²) in [5.74, 6) is -0.664. The Bertz CT molecular complexity index is 596. The van der Waals surface area contributed by atoms with Gasteiger partial charge in [0.25, 0.3) is 0 Å². The molecule has 0 N–H and O–H groups in total. The van der Waals surface area contributed by atoms with Crippen molar-refractivity contribution in [3.8, 4) is 5.75 Å². The number of carbonyl (C=O) groups is 1. The SMILES string of the molecule is COc1ccc(C(=O)c2cc(C)ccn2)c(F)c1. The van der Waals surface area contributed by atoms with Crippen LogP contribution in [0.25, 0.3) is 0 Å². The number of ether oxygens (including phenoxy) is 1. The van der Waals surface area contributed by atoms with E-state index in [-0.39, 0.29) is 11.3 Å². The third-order valence-corrected chi connectivity index (χ3v) is 2.57. The van der Waals surface area contributed by atoms with Crippen LogP contribution in [0.2, 0.25) is 0 Å². The molecule has 0 radical (unpaired) electrons. The Labute approximate surface area is 104 Å². The summed E-state index contributed by atoms with van der Waals surface area (Å²) in [6.45, 7) is 1.85. The minimum Gasteiger partial charge on any atom is -0.497 e. The van der Waals surface area contributed by atoms with E-state index in [0.717, 1.165) is 5.56 Å². The Morgan fingerprint density at radius 2 is 2.06 bits per heavy atom. The fraction of sp³-hybridized carbons (Fsp3) is 0.143. The highest BCUT2D eigenvalue weighted by atomic mass is 19.1. The van der Waals surface area contributed by atoms with Gasteiger partial charge in [-0.15, -0.1) is 0 Å². The summed E-state index contributed by atoms with van der Waals surface area (Å²) in [4.78, 5) is 16.0. The Morgan fingerprint density at radius 1 is 1.28 bits per heavy atom. The Kier molecular flexibility index (Phi) is 3.37. The van der Waals surface area contributed by atoms with Crippen molar-refractivity contribution in [2.75, 3.05) is 7.11 Å². The second kappa shape index (κ2) is 4.96. The van der Waals surface area contributed by atoms with E-state index in [1.807, 2.05) is 6.92 Å². The molecule has 1 aromatic heterocycles. The summed E-state index contributed by atoms with van der Waals surface area (Å²) in [5.41, 5.74) is 1.13. The third-order valence-electron chi connectivity index (χ3n) is 2.57. The number of aryl methyl sites for hydroxylation is 1. The van der Waals surface area contributed by atoms with Crippen molar-refractivity contribution in [2.45, 2.75) is 6.92 Å². The lowest BCUT2D eigenvalue weighted by molar-refractivity contribution is 0.103. The van der Waals surface area contributed by atoms with Crippen LogP contribution >= 0.6 is 0 Å². The molecule has 0 aliphatic carbocycles. The van der Waals surface area contributed by atoms with Crippen LogP contribution in [0, 0.1) is 12.7 Å². The molecule has 0 saturated carbocycles.